The number of benzene rings is 1. The lowest BCUT2D eigenvalue weighted by atomic mass is 10.2. The molecule has 0 atom stereocenters. The lowest BCUT2D eigenvalue weighted by Gasteiger charge is -1.91. The first-order valence-corrected chi connectivity index (χ1v) is 5.40. The predicted octanol–water partition coefficient (Wildman–Crippen LogP) is 3.91. The van der Waals surface area contributed by atoms with Crippen molar-refractivity contribution in [2.45, 2.75) is 0 Å². The van der Waals surface area contributed by atoms with Crippen LogP contribution in [0, 0.1) is 0 Å². The first kappa shape index (κ1) is 10.2. The van der Waals surface area contributed by atoms with E-state index in [0.717, 1.165) is 5.39 Å². The van der Waals surface area contributed by atoms with Crippen molar-refractivity contribution in [3.05, 3.63) is 59.2 Å². The summed E-state index contributed by atoms with van der Waals surface area (Å²) in [6.45, 7) is 0. The van der Waals surface area contributed by atoms with E-state index in [1.807, 2.05) is 6.07 Å². The summed E-state index contributed by atoms with van der Waals surface area (Å²) < 4.78 is 10.5. The average Bonchev–Trinajstić information content (AvgIpc) is 2.98. The van der Waals surface area contributed by atoms with Gasteiger partial charge < -0.3 is 8.83 Å². The molecule has 2 heterocycles. The van der Waals surface area contributed by atoms with Gasteiger partial charge in [0.05, 0.1) is 11.3 Å². The topological polar surface area (TPSA) is 43.4 Å². The van der Waals surface area contributed by atoms with Crippen molar-refractivity contribution in [2.75, 3.05) is 0 Å². The largest absolute Gasteiger partial charge is 0.461 e. The molecule has 17 heavy (non-hydrogen) atoms. The second-order valence-electron chi connectivity index (χ2n) is 3.58. The number of furan rings is 2. The summed E-state index contributed by atoms with van der Waals surface area (Å²) in [5.41, 5.74) is 0.518. The van der Waals surface area contributed by atoms with Crippen LogP contribution in [0.2, 0.25) is 5.02 Å². The van der Waals surface area contributed by atoms with E-state index in [9.17, 15) is 4.79 Å². The highest BCUT2D eigenvalue weighted by Crippen LogP contribution is 2.27. The lowest BCUT2D eigenvalue weighted by molar-refractivity contribution is 0.0985. The molecule has 0 saturated carbocycles. The van der Waals surface area contributed by atoms with E-state index in [4.69, 9.17) is 20.4 Å². The molecule has 0 aliphatic carbocycles. The molecule has 0 aliphatic rings. The molecule has 1 aromatic carbocycles. The van der Waals surface area contributed by atoms with Crippen molar-refractivity contribution in [1.82, 2.24) is 0 Å². The van der Waals surface area contributed by atoms with Crippen molar-refractivity contribution >= 4 is 28.4 Å². The van der Waals surface area contributed by atoms with Crippen molar-refractivity contribution in [1.29, 1.82) is 0 Å². The first-order chi connectivity index (χ1) is 8.25. The monoisotopic (exact) mass is 246 g/mol. The molecule has 84 valence electrons. The van der Waals surface area contributed by atoms with Crippen LogP contribution in [0.4, 0.5) is 0 Å². The zero-order valence-corrected chi connectivity index (χ0v) is 9.40. The van der Waals surface area contributed by atoms with Gasteiger partial charge in [0.15, 0.2) is 17.1 Å². The number of fused-ring (bicyclic) bond motifs is 1. The Kier molecular flexibility index (Phi) is 2.27. The third-order valence-corrected chi connectivity index (χ3v) is 2.76. The molecule has 0 spiro atoms. The van der Waals surface area contributed by atoms with Crippen molar-refractivity contribution in [2.24, 2.45) is 0 Å². The Morgan fingerprint density at radius 3 is 2.71 bits per heavy atom. The summed E-state index contributed by atoms with van der Waals surface area (Å²) >= 11 is 5.97. The molecule has 0 bridgehead atoms. The van der Waals surface area contributed by atoms with Crippen LogP contribution in [0.5, 0.6) is 0 Å². The van der Waals surface area contributed by atoms with E-state index in [0.29, 0.717) is 10.6 Å². The van der Waals surface area contributed by atoms with Crippen LogP contribution in [0.15, 0.2) is 51.5 Å². The van der Waals surface area contributed by atoms with Crippen molar-refractivity contribution in [3.63, 3.8) is 0 Å². The smallest absolute Gasteiger partial charge is 0.263 e. The van der Waals surface area contributed by atoms with Crippen LogP contribution in [0.25, 0.3) is 11.0 Å². The summed E-state index contributed by atoms with van der Waals surface area (Å²) in [4.78, 5) is 12.0. The minimum absolute atomic E-state index is 0.225. The molecule has 0 N–H and O–H groups in total. The van der Waals surface area contributed by atoms with Gasteiger partial charge >= 0.3 is 0 Å². The van der Waals surface area contributed by atoms with Crippen molar-refractivity contribution in [3.8, 4) is 0 Å². The predicted molar refractivity (Wildman–Crippen MR) is 63.4 cm³/mol. The van der Waals surface area contributed by atoms with Crippen LogP contribution in [0.1, 0.15) is 16.3 Å². The minimum Gasteiger partial charge on any atom is -0.461 e. The number of halogens is 1. The molecule has 0 unspecified atom stereocenters. The molecule has 0 saturated heterocycles. The Morgan fingerprint density at radius 2 is 2.00 bits per heavy atom. The first-order valence-electron chi connectivity index (χ1n) is 5.02. The van der Waals surface area contributed by atoms with E-state index in [-0.39, 0.29) is 17.3 Å². The Labute approximate surface area is 102 Å². The van der Waals surface area contributed by atoms with Gasteiger partial charge in [0.1, 0.15) is 0 Å². The van der Waals surface area contributed by atoms with Crippen LogP contribution in [0.3, 0.4) is 0 Å². The maximum atomic E-state index is 12.0. The van der Waals surface area contributed by atoms with Crippen LogP contribution in [-0.4, -0.2) is 5.78 Å². The van der Waals surface area contributed by atoms with Gasteiger partial charge in [0.25, 0.3) is 5.78 Å². The fourth-order valence-electron chi connectivity index (χ4n) is 1.67. The van der Waals surface area contributed by atoms with E-state index in [2.05, 4.69) is 0 Å². The number of carbonyl (C=O) groups excluding carboxylic acids is 1. The lowest BCUT2D eigenvalue weighted by Crippen LogP contribution is -1.96. The summed E-state index contributed by atoms with van der Waals surface area (Å²) in [5.74, 6) is 0.186. The number of rotatable bonds is 2. The third kappa shape index (κ3) is 1.65. The van der Waals surface area contributed by atoms with Crippen LogP contribution in [-0.2, 0) is 0 Å². The maximum absolute atomic E-state index is 12.0. The highest BCUT2D eigenvalue weighted by Gasteiger charge is 2.17. The summed E-state index contributed by atoms with van der Waals surface area (Å²) in [6, 6.07) is 10.3. The molecule has 3 nitrogen and oxygen atoms in total. The van der Waals surface area contributed by atoms with Gasteiger partial charge in [-0.25, -0.2) is 0 Å². The molecular weight excluding hydrogens is 240 g/mol. The Balaban J connectivity index is 2.13. The van der Waals surface area contributed by atoms with Gasteiger partial charge in [-0.1, -0.05) is 23.7 Å². The van der Waals surface area contributed by atoms with Crippen LogP contribution >= 0.6 is 11.6 Å². The van der Waals surface area contributed by atoms with Gasteiger partial charge in [0.2, 0.25) is 0 Å². The number of hydrogen-bond acceptors (Lipinski definition) is 3. The SMILES string of the molecule is O=C(c1ccco1)c1cc2cccc(Cl)c2o1. The molecule has 0 radical (unpaired) electrons. The van der Waals surface area contributed by atoms with E-state index in [1.165, 1.54) is 6.26 Å². The molecular formula is C13H7ClO3. The summed E-state index contributed by atoms with van der Waals surface area (Å²) in [6.07, 6.45) is 1.45. The highest BCUT2D eigenvalue weighted by atomic mass is 35.5. The van der Waals surface area contributed by atoms with Gasteiger partial charge in [0, 0.05) is 5.39 Å². The van der Waals surface area contributed by atoms with Gasteiger partial charge in [-0.3, -0.25) is 4.79 Å². The molecule has 3 aromatic rings. The Hall–Kier alpha value is -2.00. The number of hydrogen-bond donors (Lipinski definition) is 0. The highest BCUT2D eigenvalue weighted by molar-refractivity contribution is 6.35. The second kappa shape index (κ2) is 3.79. The van der Waals surface area contributed by atoms with Gasteiger partial charge in [-0.2, -0.15) is 0 Å². The standard InChI is InChI=1S/C13H7ClO3/c14-9-4-1-3-8-7-11(17-13(8)9)12(15)10-5-2-6-16-10/h1-7H. The number of para-hydroxylation sites is 1. The van der Waals surface area contributed by atoms with Crippen LogP contribution < -0.4 is 0 Å². The fourth-order valence-corrected chi connectivity index (χ4v) is 1.89. The average molecular weight is 247 g/mol. The zero-order valence-electron chi connectivity index (χ0n) is 8.64. The number of ketones is 1. The second-order valence-corrected chi connectivity index (χ2v) is 3.98. The maximum Gasteiger partial charge on any atom is 0.263 e. The van der Waals surface area contributed by atoms with E-state index in [1.54, 1.807) is 30.3 Å². The van der Waals surface area contributed by atoms with E-state index < -0.39 is 0 Å². The molecule has 0 amide bonds. The molecule has 0 fully saturated rings. The zero-order chi connectivity index (χ0) is 11.8. The normalized spacial score (nSPS) is 10.9. The van der Waals surface area contributed by atoms with E-state index >= 15 is 0 Å². The molecule has 3 rings (SSSR count). The summed E-state index contributed by atoms with van der Waals surface area (Å²) in [5, 5.41) is 1.29. The summed E-state index contributed by atoms with van der Waals surface area (Å²) in [7, 11) is 0. The Bertz CT molecular complexity index is 680. The minimum atomic E-state index is -0.290. The Morgan fingerprint density at radius 1 is 1.12 bits per heavy atom. The molecule has 4 heteroatoms. The molecule has 2 aromatic heterocycles. The molecule has 0 aliphatic heterocycles. The van der Waals surface area contributed by atoms with Gasteiger partial charge in [-0.15, -0.1) is 0 Å². The fraction of sp³-hybridized carbons (Fsp3) is 0. The number of carbonyl (C=O) groups is 1. The van der Waals surface area contributed by atoms with Gasteiger partial charge in [-0.05, 0) is 24.3 Å². The quantitative estimate of drug-likeness (QED) is 0.644. The third-order valence-electron chi connectivity index (χ3n) is 2.46. The van der Waals surface area contributed by atoms with Crippen molar-refractivity contribution < 1.29 is 13.6 Å².